The van der Waals surface area contributed by atoms with E-state index < -0.39 is 5.72 Å². The average Bonchev–Trinajstić information content (AvgIpc) is 3.13. The molecule has 0 aliphatic heterocycles. The molecule has 0 aliphatic rings. The standard InChI is InChI=1S/C21H18N4O3/c1-15-14-16(12-13-19(15)25(26)27)21(2,28-17-8-4-3-5-9-17)24-20-11-7-6-10-18(20)22-23-24/h3-14H,1-2H3. The van der Waals surface area contributed by atoms with Crippen LogP contribution >= 0.6 is 0 Å². The first kappa shape index (κ1) is 17.7. The highest BCUT2D eigenvalue weighted by Crippen LogP contribution is 2.34. The summed E-state index contributed by atoms with van der Waals surface area (Å²) in [6.07, 6.45) is 0. The van der Waals surface area contributed by atoms with Gasteiger partial charge in [0, 0.05) is 24.1 Å². The fraction of sp³-hybridized carbons (Fsp3) is 0.143. The van der Waals surface area contributed by atoms with E-state index >= 15 is 0 Å². The Morgan fingerprint density at radius 3 is 2.46 bits per heavy atom. The topological polar surface area (TPSA) is 83.1 Å². The van der Waals surface area contributed by atoms with Crippen LogP contribution in [0.15, 0.2) is 72.8 Å². The lowest BCUT2D eigenvalue weighted by molar-refractivity contribution is -0.385. The molecule has 0 fully saturated rings. The van der Waals surface area contributed by atoms with Crippen LogP contribution in [0.3, 0.4) is 0 Å². The van der Waals surface area contributed by atoms with Crippen molar-refractivity contribution in [3.63, 3.8) is 0 Å². The molecule has 0 amide bonds. The van der Waals surface area contributed by atoms with Gasteiger partial charge in [-0.3, -0.25) is 10.1 Å². The second-order valence-electron chi connectivity index (χ2n) is 6.65. The third kappa shape index (κ3) is 2.96. The Balaban J connectivity index is 1.91. The van der Waals surface area contributed by atoms with E-state index in [0.717, 1.165) is 16.6 Å². The number of rotatable bonds is 5. The molecule has 1 atom stereocenters. The minimum Gasteiger partial charge on any atom is -0.462 e. The van der Waals surface area contributed by atoms with Gasteiger partial charge in [0.2, 0.25) is 5.72 Å². The van der Waals surface area contributed by atoms with Crippen molar-refractivity contribution in [3.05, 3.63) is 94.0 Å². The highest BCUT2D eigenvalue weighted by molar-refractivity contribution is 5.74. The van der Waals surface area contributed by atoms with Gasteiger partial charge in [0.25, 0.3) is 5.69 Å². The number of nitro groups is 1. The van der Waals surface area contributed by atoms with E-state index in [9.17, 15) is 10.1 Å². The number of ether oxygens (including phenoxy) is 1. The minimum absolute atomic E-state index is 0.0641. The van der Waals surface area contributed by atoms with E-state index in [1.165, 1.54) is 6.07 Å². The molecule has 0 bridgehead atoms. The molecule has 140 valence electrons. The van der Waals surface area contributed by atoms with Crippen molar-refractivity contribution in [2.45, 2.75) is 19.6 Å². The molecule has 0 spiro atoms. The molecule has 3 aromatic carbocycles. The Morgan fingerprint density at radius 1 is 1.04 bits per heavy atom. The van der Waals surface area contributed by atoms with Crippen LogP contribution in [0.4, 0.5) is 5.69 Å². The lowest BCUT2D eigenvalue weighted by Crippen LogP contribution is -2.39. The summed E-state index contributed by atoms with van der Waals surface area (Å²) in [5.74, 6) is 0.653. The van der Waals surface area contributed by atoms with Gasteiger partial charge in [0.1, 0.15) is 11.3 Å². The largest absolute Gasteiger partial charge is 0.462 e. The zero-order valence-electron chi connectivity index (χ0n) is 15.4. The number of aryl methyl sites for hydroxylation is 1. The third-order valence-electron chi connectivity index (χ3n) is 4.74. The molecular formula is C21H18N4O3. The Kier molecular flexibility index (Phi) is 4.27. The van der Waals surface area contributed by atoms with E-state index in [4.69, 9.17) is 4.74 Å². The van der Waals surface area contributed by atoms with Gasteiger partial charge in [-0.2, -0.15) is 4.68 Å². The highest BCUT2D eigenvalue weighted by atomic mass is 16.6. The first-order valence-corrected chi connectivity index (χ1v) is 8.79. The SMILES string of the molecule is Cc1cc(C(C)(Oc2ccccc2)n2nnc3ccccc32)ccc1[N+](=O)[O-]. The van der Waals surface area contributed by atoms with Gasteiger partial charge in [0.05, 0.1) is 10.4 Å². The van der Waals surface area contributed by atoms with Gasteiger partial charge in [-0.1, -0.05) is 35.5 Å². The van der Waals surface area contributed by atoms with Crippen LogP contribution in [0.5, 0.6) is 5.75 Å². The van der Waals surface area contributed by atoms with Crippen LogP contribution in [-0.4, -0.2) is 19.9 Å². The Morgan fingerprint density at radius 2 is 1.75 bits per heavy atom. The van der Waals surface area contributed by atoms with Gasteiger partial charge in [-0.05, 0) is 43.3 Å². The molecule has 0 aliphatic carbocycles. The molecule has 1 aromatic heterocycles. The predicted molar refractivity (Wildman–Crippen MR) is 105 cm³/mol. The molecule has 0 saturated heterocycles. The molecule has 28 heavy (non-hydrogen) atoms. The molecule has 1 unspecified atom stereocenters. The van der Waals surface area contributed by atoms with Crippen molar-refractivity contribution in [1.29, 1.82) is 0 Å². The summed E-state index contributed by atoms with van der Waals surface area (Å²) in [5, 5.41) is 19.8. The number of para-hydroxylation sites is 2. The maximum atomic E-state index is 11.2. The summed E-state index contributed by atoms with van der Waals surface area (Å²) in [4.78, 5) is 10.8. The van der Waals surface area contributed by atoms with Crippen LogP contribution in [-0.2, 0) is 5.72 Å². The molecule has 0 N–H and O–H groups in total. The van der Waals surface area contributed by atoms with Gasteiger partial charge in [-0.15, -0.1) is 5.10 Å². The van der Waals surface area contributed by atoms with Gasteiger partial charge < -0.3 is 4.74 Å². The second kappa shape index (κ2) is 6.77. The second-order valence-corrected chi connectivity index (χ2v) is 6.65. The molecule has 7 nitrogen and oxygen atoms in total. The van der Waals surface area contributed by atoms with Crippen LogP contribution in [0.25, 0.3) is 11.0 Å². The summed E-state index contributed by atoms with van der Waals surface area (Å²) >= 11 is 0. The molecule has 4 rings (SSSR count). The zero-order valence-corrected chi connectivity index (χ0v) is 15.4. The summed E-state index contributed by atoms with van der Waals surface area (Å²) < 4.78 is 8.09. The summed E-state index contributed by atoms with van der Waals surface area (Å²) in [7, 11) is 0. The van der Waals surface area contributed by atoms with Gasteiger partial charge in [0.15, 0.2) is 0 Å². The molecule has 1 heterocycles. The van der Waals surface area contributed by atoms with Crippen molar-refractivity contribution < 1.29 is 9.66 Å². The lowest BCUT2D eigenvalue weighted by atomic mass is 10.0. The molecule has 7 heteroatoms. The number of hydrogen-bond donors (Lipinski definition) is 0. The maximum Gasteiger partial charge on any atom is 0.272 e. The van der Waals surface area contributed by atoms with E-state index in [1.807, 2.05) is 61.5 Å². The molecular weight excluding hydrogens is 356 g/mol. The Hall–Kier alpha value is -3.74. The molecule has 0 radical (unpaired) electrons. The Bertz CT molecular complexity index is 1160. The number of benzene rings is 3. The monoisotopic (exact) mass is 374 g/mol. The van der Waals surface area contributed by atoms with Crippen LogP contribution in [0.2, 0.25) is 0 Å². The summed E-state index contributed by atoms with van der Waals surface area (Å²) in [6.45, 7) is 3.59. The third-order valence-corrected chi connectivity index (χ3v) is 4.74. The predicted octanol–water partition coefficient (Wildman–Crippen LogP) is 4.45. The van der Waals surface area contributed by atoms with E-state index in [2.05, 4.69) is 10.3 Å². The normalized spacial score (nSPS) is 13.2. The number of fused-ring (bicyclic) bond motifs is 1. The first-order chi connectivity index (χ1) is 13.5. The fourth-order valence-electron chi connectivity index (χ4n) is 3.28. The minimum atomic E-state index is -1.06. The number of nitrogens with zero attached hydrogens (tertiary/aromatic N) is 4. The Labute approximate surface area is 161 Å². The first-order valence-electron chi connectivity index (χ1n) is 8.79. The number of aromatic nitrogens is 3. The van der Waals surface area contributed by atoms with Crippen LogP contribution in [0, 0.1) is 17.0 Å². The maximum absolute atomic E-state index is 11.2. The van der Waals surface area contributed by atoms with Gasteiger partial charge in [-0.25, -0.2) is 0 Å². The van der Waals surface area contributed by atoms with Crippen LogP contribution in [0.1, 0.15) is 18.1 Å². The number of nitro benzene ring substituents is 1. The lowest BCUT2D eigenvalue weighted by Gasteiger charge is -2.31. The average molecular weight is 374 g/mol. The highest BCUT2D eigenvalue weighted by Gasteiger charge is 2.35. The van der Waals surface area contributed by atoms with E-state index in [-0.39, 0.29) is 10.6 Å². The van der Waals surface area contributed by atoms with Crippen molar-refractivity contribution in [1.82, 2.24) is 15.0 Å². The smallest absolute Gasteiger partial charge is 0.272 e. The van der Waals surface area contributed by atoms with Crippen molar-refractivity contribution in [2.24, 2.45) is 0 Å². The van der Waals surface area contributed by atoms with E-state index in [1.54, 1.807) is 23.7 Å². The molecule has 4 aromatic rings. The number of hydrogen-bond acceptors (Lipinski definition) is 5. The van der Waals surface area contributed by atoms with Gasteiger partial charge >= 0.3 is 0 Å². The fourth-order valence-corrected chi connectivity index (χ4v) is 3.28. The van der Waals surface area contributed by atoms with Crippen molar-refractivity contribution in [3.8, 4) is 5.75 Å². The van der Waals surface area contributed by atoms with Crippen molar-refractivity contribution >= 4 is 16.7 Å². The van der Waals surface area contributed by atoms with E-state index in [0.29, 0.717) is 11.3 Å². The summed E-state index contributed by atoms with van der Waals surface area (Å²) in [6, 6.07) is 21.9. The zero-order chi connectivity index (χ0) is 19.7. The van der Waals surface area contributed by atoms with Crippen molar-refractivity contribution in [2.75, 3.05) is 0 Å². The summed E-state index contributed by atoms with van der Waals surface area (Å²) in [5.41, 5.74) is 1.83. The van der Waals surface area contributed by atoms with Crippen LogP contribution < -0.4 is 4.74 Å². The molecule has 0 saturated carbocycles. The quantitative estimate of drug-likeness (QED) is 0.381.